The van der Waals surface area contributed by atoms with E-state index in [0.717, 1.165) is 23.1 Å². The maximum atomic E-state index is 12.1. The van der Waals surface area contributed by atoms with E-state index in [4.69, 9.17) is 4.42 Å². The highest BCUT2D eigenvalue weighted by Crippen LogP contribution is 2.23. The van der Waals surface area contributed by atoms with Crippen LogP contribution in [0, 0.1) is 6.92 Å². The number of para-hydroxylation sites is 1. The third-order valence-electron chi connectivity index (χ3n) is 3.06. The SMILES string of the molecule is CCNC(C)CC(=O)c1cc2cccc(C)c2o1. The quantitative estimate of drug-likeness (QED) is 0.822. The first-order valence-electron chi connectivity index (χ1n) is 6.37. The first kappa shape index (κ1) is 12.8. The molecule has 3 heteroatoms. The molecular weight excluding hydrogens is 226 g/mol. The van der Waals surface area contributed by atoms with Gasteiger partial charge >= 0.3 is 0 Å². The topological polar surface area (TPSA) is 42.2 Å². The van der Waals surface area contributed by atoms with Gasteiger partial charge in [0.1, 0.15) is 5.58 Å². The van der Waals surface area contributed by atoms with Crippen molar-refractivity contribution in [3.05, 3.63) is 35.6 Å². The zero-order chi connectivity index (χ0) is 13.1. The van der Waals surface area contributed by atoms with Gasteiger partial charge < -0.3 is 9.73 Å². The predicted octanol–water partition coefficient (Wildman–Crippen LogP) is 3.31. The highest BCUT2D eigenvalue weighted by molar-refractivity contribution is 5.98. The molecule has 96 valence electrons. The average molecular weight is 245 g/mol. The van der Waals surface area contributed by atoms with E-state index in [2.05, 4.69) is 5.32 Å². The van der Waals surface area contributed by atoms with Gasteiger partial charge in [0.2, 0.25) is 0 Å². The second-order valence-corrected chi connectivity index (χ2v) is 4.69. The fraction of sp³-hybridized carbons (Fsp3) is 0.400. The normalized spacial score (nSPS) is 12.8. The standard InChI is InChI=1S/C15H19NO2/c1-4-16-11(3)8-13(17)14-9-12-7-5-6-10(2)15(12)18-14/h5-7,9,11,16H,4,8H2,1-3H3. The van der Waals surface area contributed by atoms with E-state index in [9.17, 15) is 4.79 Å². The lowest BCUT2D eigenvalue weighted by Crippen LogP contribution is -2.28. The second kappa shape index (κ2) is 5.36. The van der Waals surface area contributed by atoms with Crippen molar-refractivity contribution in [2.45, 2.75) is 33.2 Å². The maximum absolute atomic E-state index is 12.1. The maximum Gasteiger partial charge on any atom is 0.199 e. The molecule has 2 aromatic rings. The van der Waals surface area contributed by atoms with Crippen molar-refractivity contribution in [1.29, 1.82) is 0 Å². The number of ketones is 1. The van der Waals surface area contributed by atoms with E-state index in [-0.39, 0.29) is 11.8 Å². The summed E-state index contributed by atoms with van der Waals surface area (Å²) in [5.74, 6) is 0.517. The Morgan fingerprint density at radius 3 is 2.89 bits per heavy atom. The van der Waals surface area contributed by atoms with Gasteiger partial charge in [-0.15, -0.1) is 0 Å². The molecule has 0 amide bonds. The van der Waals surface area contributed by atoms with Gasteiger partial charge in [-0.05, 0) is 32.0 Å². The number of carbonyl (C=O) groups excluding carboxylic acids is 1. The molecule has 1 heterocycles. The van der Waals surface area contributed by atoms with Crippen molar-refractivity contribution >= 4 is 16.8 Å². The first-order chi connectivity index (χ1) is 8.61. The Hall–Kier alpha value is -1.61. The monoisotopic (exact) mass is 245 g/mol. The number of hydrogen-bond acceptors (Lipinski definition) is 3. The fourth-order valence-electron chi connectivity index (χ4n) is 2.15. The van der Waals surface area contributed by atoms with E-state index in [0.29, 0.717) is 12.2 Å². The molecule has 0 bridgehead atoms. The van der Waals surface area contributed by atoms with Crippen LogP contribution in [0.25, 0.3) is 11.0 Å². The molecule has 1 unspecified atom stereocenters. The van der Waals surface area contributed by atoms with Crippen LogP contribution in [0.3, 0.4) is 0 Å². The zero-order valence-electron chi connectivity index (χ0n) is 11.1. The van der Waals surface area contributed by atoms with Crippen LogP contribution < -0.4 is 5.32 Å². The summed E-state index contributed by atoms with van der Waals surface area (Å²) in [5.41, 5.74) is 1.88. The number of aryl methyl sites for hydroxylation is 1. The van der Waals surface area contributed by atoms with E-state index >= 15 is 0 Å². The minimum absolute atomic E-state index is 0.0547. The molecule has 0 aliphatic heterocycles. The van der Waals surface area contributed by atoms with Crippen LogP contribution in [0.15, 0.2) is 28.7 Å². The molecule has 2 rings (SSSR count). The molecule has 1 N–H and O–H groups in total. The average Bonchev–Trinajstić information content (AvgIpc) is 2.74. The predicted molar refractivity (Wildman–Crippen MR) is 73.0 cm³/mol. The number of furan rings is 1. The second-order valence-electron chi connectivity index (χ2n) is 4.69. The number of rotatable bonds is 5. The van der Waals surface area contributed by atoms with Crippen molar-refractivity contribution in [1.82, 2.24) is 5.32 Å². The Balaban J connectivity index is 2.21. The number of benzene rings is 1. The number of hydrogen-bond donors (Lipinski definition) is 1. The molecule has 1 aromatic carbocycles. The largest absolute Gasteiger partial charge is 0.453 e. The lowest BCUT2D eigenvalue weighted by molar-refractivity contribution is 0.0947. The van der Waals surface area contributed by atoms with Gasteiger partial charge in [-0.3, -0.25) is 4.79 Å². The van der Waals surface area contributed by atoms with Crippen molar-refractivity contribution in [3.8, 4) is 0 Å². The minimum atomic E-state index is 0.0547. The van der Waals surface area contributed by atoms with Gasteiger partial charge in [0.25, 0.3) is 0 Å². The highest BCUT2D eigenvalue weighted by Gasteiger charge is 2.15. The van der Waals surface area contributed by atoms with Crippen LogP contribution in [0.5, 0.6) is 0 Å². The lowest BCUT2D eigenvalue weighted by atomic mass is 10.1. The molecule has 3 nitrogen and oxygen atoms in total. The van der Waals surface area contributed by atoms with Crippen molar-refractivity contribution in [3.63, 3.8) is 0 Å². The van der Waals surface area contributed by atoms with E-state index in [1.807, 2.05) is 45.0 Å². The van der Waals surface area contributed by atoms with Crippen LogP contribution in [0.2, 0.25) is 0 Å². The van der Waals surface area contributed by atoms with Crippen molar-refractivity contribution < 1.29 is 9.21 Å². The highest BCUT2D eigenvalue weighted by atomic mass is 16.3. The smallest absolute Gasteiger partial charge is 0.199 e. The molecule has 0 saturated heterocycles. The van der Waals surface area contributed by atoms with Crippen LogP contribution in [0.4, 0.5) is 0 Å². The summed E-state index contributed by atoms with van der Waals surface area (Å²) < 4.78 is 5.66. The van der Waals surface area contributed by atoms with Crippen molar-refractivity contribution in [2.24, 2.45) is 0 Å². The third kappa shape index (κ3) is 2.62. The van der Waals surface area contributed by atoms with E-state index in [1.54, 1.807) is 0 Å². The Morgan fingerprint density at radius 2 is 2.22 bits per heavy atom. The molecule has 0 aliphatic rings. The molecule has 0 spiro atoms. The minimum Gasteiger partial charge on any atom is -0.453 e. The van der Waals surface area contributed by atoms with Gasteiger partial charge in [-0.2, -0.15) is 0 Å². The van der Waals surface area contributed by atoms with Crippen LogP contribution in [-0.4, -0.2) is 18.4 Å². The Kier molecular flexibility index (Phi) is 3.82. The number of nitrogens with one attached hydrogen (secondary N) is 1. The summed E-state index contributed by atoms with van der Waals surface area (Å²) in [5, 5.41) is 4.22. The Morgan fingerprint density at radius 1 is 1.44 bits per heavy atom. The fourth-order valence-corrected chi connectivity index (χ4v) is 2.15. The molecule has 0 radical (unpaired) electrons. The summed E-state index contributed by atoms with van der Waals surface area (Å²) in [6, 6.07) is 7.95. The van der Waals surface area contributed by atoms with E-state index in [1.165, 1.54) is 0 Å². The van der Waals surface area contributed by atoms with Gasteiger partial charge in [-0.25, -0.2) is 0 Å². The molecular formula is C15H19NO2. The molecule has 1 aromatic heterocycles. The molecule has 0 saturated carbocycles. The van der Waals surface area contributed by atoms with Gasteiger partial charge in [-0.1, -0.05) is 25.1 Å². The van der Waals surface area contributed by atoms with E-state index < -0.39 is 0 Å². The lowest BCUT2D eigenvalue weighted by Gasteiger charge is -2.09. The van der Waals surface area contributed by atoms with Gasteiger partial charge in [0.05, 0.1) is 0 Å². The van der Waals surface area contributed by atoms with Gasteiger partial charge in [0.15, 0.2) is 11.5 Å². The van der Waals surface area contributed by atoms with Crippen LogP contribution >= 0.6 is 0 Å². The van der Waals surface area contributed by atoms with Gasteiger partial charge in [0, 0.05) is 17.8 Å². The first-order valence-corrected chi connectivity index (χ1v) is 6.37. The molecule has 0 aliphatic carbocycles. The van der Waals surface area contributed by atoms with Crippen molar-refractivity contribution in [2.75, 3.05) is 6.54 Å². The number of Topliss-reactive ketones (excluding diaryl/α,β-unsaturated/α-hetero) is 1. The third-order valence-corrected chi connectivity index (χ3v) is 3.06. The van der Waals surface area contributed by atoms with Crippen LogP contribution in [-0.2, 0) is 0 Å². The molecule has 0 fully saturated rings. The summed E-state index contributed by atoms with van der Waals surface area (Å²) in [6.07, 6.45) is 0.465. The Bertz CT molecular complexity index is 557. The summed E-state index contributed by atoms with van der Waals surface area (Å²) in [6.45, 7) is 6.90. The zero-order valence-corrected chi connectivity index (χ0v) is 11.1. The summed E-state index contributed by atoms with van der Waals surface area (Å²) in [4.78, 5) is 12.1. The number of fused-ring (bicyclic) bond motifs is 1. The Labute approximate surface area is 107 Å². The summed E-state index contributed by atoms with van der Waals surface area (Å²) in [7, 11) is 0. The number of carbonyl (C=O) groups is 1. The summed E-state index contributed by atoms with van der Waals surface area (Å²) >= 11 is 0. The van der Waals surface area contributed by atoms with Crippen LogP contribution in [0.1, 0.15) is 36.4 Å². The molecule has 18 heavy (non-hydrogen) atoms. The molecule has 1 atom stereocenters.